The maximum absolute atomic E-state index is 10.7. The standard InChI is InChI=1S/C2H3N.CHF3O3S.Li/c1-2-3;2-1(3,4)8(5,6)7;/h1H3;(H,5,6,7);/q;;+1/p-1. The van der Waals surface area contributed by atoms with Crippen molar-refractivity contribution in [1.29, 1.82) is 5.26 Å². The summed E-state index contributed by atoms with van der Waals surface area (Å²) in [6, 6.07) is 1.75. The molecule has 0 saturated heterocycles. The molecule has 0 aliphatic rings. The molecule has 0 rings (SSSR count). The molecule has 0 aromatic carbocycles. The molecule has 0 spiro atoms. The van der Waals surface area contributed by atoms with Gasteiger partial charge in [0.1, 0.15) is 0 Å². The van der Waals surface area contributed by atoms with Crippen molar-refractivity contribution in [3.63, 3.8) is 0 Å². The van der Waals surface area contributed by atoms with Gasteiger partial charge in [-0.2, -0.15) is 18.4 Å². The molecule has 0 N–H and O–H groups in total. The van der Waals surface area contributed by atoms with Crippen LogP contribution in [-0.2, 0) is 10.1 Å². The second kappa shape index (κ2) is 6.32. The Morgan fingerprint density at radius 2 is 1.50 bits per heavy atom. The van der Waals surface area contributed by atoms with Crippen molar-refractivity contribution in [3.05, 3.63) is 0 Å². The van der Waals surface area contributed by atoms with Gasteiger partial charge in [-0.1, -0.05) is 0 Å². The summed E-state index contributed by atoms with van der Waals surface area (Å²) in [6.45, 7) is 1.43. The molecule has 0 aliphatic carbocycles. The minimum Gasteiger partial charge on any atom is -0.741 e. The normalized spacial score (nSPS) is 10.0. The average molecular weight is 197 g/mol. The second-order valence-corrected chi connectivity index (χ2v) is 2.49. The molecule has 66 valence electrons. The average Bonchev–Trinajstić information content (AvgIpc) is 1.60. The van der Waals surface area contributed by atoms with Gasteiger partial charge in [-0.3, -0.25) is 0 Å². The zero-order chi connectivity index (χ0) is 9.71. The van der Waals surface area contributed by atoms with Crippen LogP contribution in [0.15, 0.2) is 0 Å². The molecule has 12 heavy (non-hydrogen) atoms. The van der Waals surface area contributed by atoms with Crippen LogP contribution >= 0.6 is 0 Å². The first-order valence-electron chi connectivity index (χ1n) is 1.99. The summed E-state index contributed by atoms with van der Waals surface area (Å²) in [5.41, 5.74) is -5.65. The Kier molecular flexibility index (Phi) is 9.35. The van der Waals surface area contributed by atoms with Gasteiger partial charge in [-0.25, -0.2) is 8.42 Å². The quantitative estimate of drug-likeness (QED) is 0.246. The van der Waals surface area contributed by atoms with E-state index in [4.69, 9.17) is 18.2 Å². The summed E-state index contributed by atoms with van der Waals surface area (Å²) in [6.07, 6.45) is 0. The molecule has 0 radical (unpaired) electrons. The maximum Gasteiger partial charge on any atom is 1.00 e. The van der Waals surface area contributed by atoms with E-state index in [-0.39, 0.29) is 18.9 Å². The zero-order valence-electron chi connectivity index (χ0n) is 6.21. The van der Waals surface area contributed by atoms with Gasteiger partial charge in [0.05, 0.1) is 6.07 Å². The third-order valence-corrected chi connectivity index (χ3v) is 0.850. The van der Waals surface area contributed by atoms with Crippen molar-refractivity contribution in [2.24, 2.45) is 0 Å². The SMILES string of the molecule is CC#N.O=S(=O)([O-])C(F)(F)F.[Li+]. The summed E-state index contributed by atoms with van der Waals surface area (Å²) >= 11 is 0. The van der Waals surface area contributed by atoms with Crippen LogP contribution in [0, 0.1) is 11.3 Å². The van der Waals surface area contributed by atoms with Crippen molar-refractivity contribution < 1.29 is 45.0 Å². The number of rotatable bonds is 0. The maximum atomic E-state index is 10.7. The number of hydrogen-bond acceptors (Lipinski definition) is 4. The first-order valence-corrected chi connectivity index (χ1v) is 3.40. The molecule has 9 heteroatoms. The molecule has 4 nitrogen and oxygen atoms in total. The molecule has 0 saturated carbocycles. The van der Waals surface area contributed by atoms with Gasteiger partial charge in [-0.05, 0) is 0 Å². The van der Waals surface area contributed by atoms with E-state index in [9.17, 15) is 13.2 Å². The second-order valence-electron chi connectivity index (χ2n) is 1.12. The minimum atomic E-state index is -6.09. The Hall–Kier alpha value is -0.213. The fourth-order valence-corrected chi connectivity index (χ4v) is 0. The third kappa shape index (κ3) is 9.79. The topological polar surface area (TPSA) is 81.0 Å². The first kappa shape index (κ1) is 17.8. The van der Waals surface area contributed by atoms with Crippen LogP contribution in [0.1, 0.15) is 6.92 Å². The Labute approximate surface area is 79.3 Å². The molecule has 0 aromatic rings. The van der Waals surface area contributed by atoms with Gasteiger partial charge in [0, 0.05) is 6.92 Å². The fourth-order valence-electron chi connectivity index (χ4n) is 0. The zero-order valence-corrected chi connectivity index (χ0v) is 7.03. The van der Waals surface area contributed by atoms with Crippen LogP contribution in [0.25, 0.3) is 0 Å². The number of hydrogen-bond donors (Lipinski definition) is 0. The Morgan fingerprint density at radius 3 is 1.50 bits per heavy atom. The van der Waals surface area contributed by atoms with E-state index in [1.807, 2.05) is 0 Å². The monoisotopic (exact) mass is 197 g/mol. The summed E-state index contributed by atoms with van der Waals surface area (Å²) in [5.74, 6) is 0. The molecule has 0 amide bonds. The molecule has 0 unspecified atom stereocenters. The van der Waals surface area contributed by atoms with Gasteiger partial charge >= 0.3 is 24.4 Å². The van der Waals surface area contributed by atoms with Crippen molar-refractivity contribution in [2.45, 2.75) is 12.4 Å². The van der Waals surface area contributed by atoms with E-state index in [1.165, 1.54) is 6.92 Å². The Morgan fingerprint density at radius 1 is 1.42 bits per heavy atom. The van der Waals surface area contributed by atoms with Crippen molar-refractivity contribution in [1.82, 2.24) is 0 Å². The molecule has 0 heterocycles. The molecular weight excluding hydrogens is 194 g/mol. The first-order chi connectivity index (χ1) is 4.66. The Bertz CT molecular complexity index is 240. The van der Waals surface area contributed by atoms with Crippen LogP contribution in [0.3, 0.4) is 0 Å². The van der Waals surface area contributed by atoms with Gasteiger partial charge < -0.3 is 4.55 Å². The molecule has 0 fully saturated rings. The van der Waals surface area contributed by atoms with Crippen molar-refractivity contribution in [3.8, 4) is 6.07 Å². The van der Waals surface area contributed by atoms with Gasteiger partial charge in [0.15, 0.2) is 10.1 Å². The number of halogens is 3. The molecule has 0 atom stereocenters. The number of nitriles is 1. The summed E-state index contributed by atoms with van der Waals surface area (Å²) in [7, 11) is -6.09. The molecule has 0 aliphatic heterocycles. The summed E-state index contributed by atoms with van der Waals surface area (Å²) in [5, 5.41) is 7.32. The van der Waals surface area contributed by atoms with Gasteiger partial charge in [-0.15, -0.1) is 0 Å². The largest absolute Gasteiger partial charge is 1.00 e. The predicted molar refractivity (Wildman–Crippen MR) is 27.0 cm³/mol. The van der Waals surface area contributed by atoms with E-state index in [0.29, 0.717) is 0 Å². The molecule has 0 bridgehead atoms. The Balaban J connectivity index is -0.000000177. The third-order valence-electron chi connectivity index (χ3n) is 0.283. The van der Waals surface area contributed by atoms with E-state index in [0.717, 1.165) is 0 Å². The van der Waals surface area contributed by atoms with E-state index in [1.54, 1.807) is 6.07 Å². The summed E-state index contributed by atoms with van der Waals surface area (Å²) in [4.78, 5) is 0. The van der Waals surface area contributed by atoms with Crippen LogP contribution in [0.5, 0.6) is 0 Å². The number of nitrogens with zero attached hydrogens (tertiary/aromatic N) is 1. The van der Waals surface area contributed by atoms with E-state index >= 15 is 0 Å². The van der Waals surface area contributed by atoms with Crippen molar-refractivity contribution >= 4 is 10.1 Å². The smallest absolute Gasteiger partial charge is 0.741 e. The minimum absolute atomic E-state index is 0. The van der Waals surface area contributed by atoms with Crippen LogP contribution < -0.4 is 18.9 Å². The molecular formula is C3H3F3LiNO3S. The molecule has 0 aromatic heterocycles. The van der Waals surface area contributed by atoms with Gasteiger partial charge in [0.2, 0.25) is 0 Å². The van der Waals surface area contributed by atoms with Crippen molar-refractivity contribution in [2.75, 3.05) is 0 Å². The number of alkyl halides is 3. The fraction of sp³-hybridized carbons (Fsp3) is 0.667. The van der Waals surface area contributed by atoms with Gasteiger partial charge in [0.25, 0.3) is 0 Å². The predicted octanol–water partition coefficient (Wildman–Crippen LogP) is -2.41. The summed E-state index contributed by atoms with van der Waals surface area (Å²) < 4.78 is 58.9. The van der Waals surface area contributed by atoms with Crippen LogP contribution in [0.4, 0.5) is 13.2 Å². The van der Waals surface area contributed by atoms with E-state index in [2.05, 4.69) is 0 Å². The van der Waals surface area contributed by atoms with Crippen LogP contribution in [-0.4, -0.2) is 18.5 Å². The van der Waals surface area contributed by atoms with Crippen LogP contribution in [0.2, 0.25) is 0 Å². The van der Waals surface area contributed by atoms with E-state index < -0.39 is 15.6 Å².